The molecule has 0 aliphatic rings. The van der Waals surface area contributed by atoms with Crippen LogP contribution in [0.25, 0.3) is 0 Å². The molecule has 21 heavy (non-hydrogen) atoms. The van der Waals surface area contributed by atoms with E-state index in [2.05, 4.69) is 20.8 Å². The molecule has 0 aromatic carbocycles. The number of hydrogen-bond acceptors (Lipinski definition) is 7. The zero-order chi connectivity index (χ0) is 15.2. The summed E-state index contributed by atoms with van der Waals surface area (Å²) in [5.41, 5.74) is 0. The number of aromatic nitrogens is 2. The predicted octanol–water partition coefficient (Wildman–Crippen LogP) is 2.06. The molecule has 2 aromatic rings. The SMILES string of the molecule is Cc1cc(NC(=O)CSCC(=O)Nc2ncc(C)s2)no1. The molecule has 0 atom stereocenters. The third-order valence-electron chi connectivity index (χ3n) is 2.23. The number of anilines is 2. The van der Waals surface area contributed by atoms with Crippen LogP contribution in [-0.4, -0.2) is 33.5 Å². The lowest BCUT2D eigenvalue weighted by molar-refractivity contribution is -0.114. The monoisotopic (exact) mass is 326 g/mol. The maximum Gasteiger partial charge on any atom is 0.236 e. The Kier molecular flexibility index (Phi) is 5.34. The Balaban J connectivity index is 1.66. The van der Waals surface area contributed by atoms with E-state index in [1.807, 2.05) is 6.92 Å². The van der Waals surface area contributed by atoms with Gasteiger partial charge in [-0.05, 0) is 13.8 Å². The van der Waals surface area contributed by atoms with Gasteiger partial charge in [0.05, 0.1) is 11.5 Å². The third-order valence-corrected chi connectivity index (χ3v) is 3.99. The molecule has 0 saturated carbocycles. The number of thiazole rings is 1. The molecule has 0 fully saturated rings. The molecule has 0 bridgehead atoms. The lowest BCUT2D eigenvalue weighted by Crippen LogP contribution is -2.18. The van der Waals surface area contributed by atoms with Crippen LogP contribution in [-0.2, 0) is 9.59 Å². The summed E-state index contributed by atoms with van der Waals surface area (Å²) in [4.78, 5) is 28.3. The molecule has 0 unspecified atom stereocenters. The largest absolute Gasteiger partial charge is 0.360 e. The van der Waals surface area contributed by atoms with Crippen molar-refractivity contribution in [2.75, 3.05) is 22.1 Å². The van der Waals surface area contributed by atoms with E-state index in [4.69, 9.17) is 4.52 Å². The van der Waals surface area contributed by atoms with Crippen LogP contribution in [0.1, 0.15) is 10.6 Å². The number of amides is 2. The molecule has 2 heterocycles. The molecule has 0 radical (unpaired) electrons. The summed E-state index contributed by atoms with van der Waals surface area (Å²) in [5, 5.41) is 9.49. The summed E-state index contributed by atoms with van der Waals surface area (Å²) < 4.78 is 4.84. The summed E-state index contributed by atoms with van der Waals surface area (Å²) in [7, 11) is 0. The minimum Gasteiger partial charge on any atom is -0.360 e. The van der Waals surface area contributed by atoms with Gasteiger partial charge in [0.2, 0.25) is 11.8 Å². The second kappa shape index (κ2) is 7.23. The van der Waals surface area contributed by atoms with Gasteiger partial charge in [0.15, 0.2) is 10.9 Å². The second-order valence-corrected chi connectivity index (χ2v) is 6.41. The van der Waals surface area contributed by atoms with Gasteiger partial charge >= 0.3 is 0 Å². The van der Waals surface area contributed by atoms with Crippen LogP contribution in [0.5, 0.6) is 0 Å². The van der Waals surface area contributed by atoms with E-state index in [0.29, 0.717) is 16.7 Å². The number of carbonyl (C=O) groups is 2. The van der Waals surface area contributed by atoms with Gasteiger partial charge in [0, 0.05) is 17.1 Å². The molecule has 2 aromatic heterocycles. The number of aryl methyl sites for hydroxylation is 2. The van der Waals surface area contributed by atoms with Crippen LogP contribution in [0.3, 0.4) is 0 Å². The highest BCUT2D eigenvalue weighted by atomic mass is 32.2. The topological polar surface area (TPSA) is 97.1 Å². The van der Waals surface area contributed by atoms with Gasteiger partial charge in [0.1, 0.15) is 5.76 Å². The van der Waals surface area contributed by atoms with Gasteiger partial charge in [-0.25, -0.2) is 4.98 Å². The Morgan fingerprint density at radius 3 is 2.57 bits per heavy atom. The van der Waals surface area contributed by atoms with Crippen LogP contribution in [0.4, 0.5) is 10.9 Å². The van der Waals surface area contributed by atoms with E-state index in [1.165, 1.54) is 23.1 Å². The molecule has 0 saturated heterocycles. The quantitative estimate of drug-likeness (QED) is 0.843. The Bertz CT molecular complexity index is 584. The van der Waals surface area contributed by atoms with Crippen LogP contribution in [0.2, 0.25) is 0 Å². The Morgan fingerprint density at radius 2 is 2.00 bits per heavy atom. The van der Waals surface area contributed by atoms with E-state index in [1.54, 1.807) is 19.2 Å². The van der Waals surface area contributed by atoms with E-state index in [9.17, 15) is 9.59 Å². The summed E-state index contributed by atoms with van der Waals surface area (Å²) in [6.07, 6.45) is 1.70. The molecule has 112 valence electrons. The van der Waals surface area contributed by atoms with Crippen LogP contribution >= 0.6 is 23.1 Å². The van der Waals surface area contributed by atoms with Gasteiger partial charge in [-0.3, -0.25) is 9.59 Å². The lowest BCUT2D eigenvalue weighted by atomic mass is 10.5. The normalized spacial score (nSPS) is 10.4. The second-order valence-electron chi connectivity index (χ2n) is 4.19. The zero-order valence-electron chi connectivity index (χ0n) is 11.5. The molecule has 9 heteroatoms. The Hall–Kier alpha value is -1.87. The fraction of sp³-hybridized carbons (Fsp3) is 0.333. The summed E-state index contributed by atoms with van der Waals surface area (Å²) in [6, 6.07) is 1.63. The van der Waals surface area contributed by atoms with Gasteiger partial charge in [0.25, 0.3) is 0 Å². The maximum atomic E-state index is 11.6. The van der Waals surface area contributed by atoms with Gasteiger partial charge in [-0.15, -0.1) is 23.1 Å². The van der Waals surface area contributed by atoms with Crippen molar-refractivity contribution in [2.24, 2.45) is 0 Å². The standard InChI is InChI=1S/C12H14N4O3S2/c1-7-3-9(16-19-7)14-10(17)5-20-6-11(18)15-12-13-4-8(2)21-12/h3-4H,5-6H2,1-2H3,(H,13,15,18)(H,14,16,17). The van der Waals surface area contributed by atoms with Crippen molar-refractivity contribution < 1.29 is 14.1 Å². The lowest BCUT2D eigenvalue weighted by Gasteiger charge is -2.02. The van der Waals surface area contributed by atoms with Crippen LogP contribution in [0, 0.1) is 13.8 Å². The predicted molar refractivity (Wildman–Crippen MR) is 82.7 cm³/mol. The van der Waals surface area contributed by atoms with Crippen molar-refractivity contribution in [3.63, 3.8) is 0 Å². The first kappa shape index (κ1) is 15.5. The summed E-state index contributed by atoms with van der Waals surface area (Å²) >= 11 is 2.63. The highest BCUT2D eigenvalue weighted by Crippen LogP contribution is 2.16. The van der Waals surface area contributed by atoms with Gasteiger partial charge in [-0.1, -0.05) is 5.16 Å². The zero-order valence-corrected chi connectivity index (χ0v) is 13.1. The Morgan fingerprint density at radius 1 is 1.29 bits per heavy atom. The number of thioether (sulfide) groups is 1. The molecule has 0 aliphatic heterocycles. The number of nitrogens with zero attached hydrogens (tertiary/aromatic N) is 2. The average molecular weight is 326 g/mol. The first-order valence-corrected chi connectivity index (χ1v) is 8.03. The van der Waals surface area contributed by atoms with E-state index in [-0.39, 0.29) is 23.3 Å². The summed E-state index contributed by atoms with van der Waals surface area (Å²) in [5.74, 6) is 0.933. The van der Waals surface area contributed by atoms with Gasteiger partial charge < -0.3 is 15.2 Å². The number of hydrogen-bond donors (Lipinski definition) is 2. The molecule has 2 rings (SSSR count). The van der Waals surface area contributed by atoms with Gasteiger partial charge in [-0.2, -0.15) is 0 Å². The highest BCUT2D eigenvalue weighted by molar-refractivity contribution is 8.00. The molecular weight excluding hydrogens is 312 g/mol. The van der Waals surface area contributed by atoms with E-state index < -0.39 is 0 Å². The van der Waals surface area contributed by atoms with Crippen molar-refractivity contribution in [1.82, 2.24) is 10.1 Å². The fourth-order valence-corrected chi connectivity index (χ4v) is 2.71. The highest BCUT2D eigenvalue weighted by Gasteiger charge is 2.09. The minimum absolute atomic E-state index is 0.163. The van der Waals surface area contributed by atoms with E-state index >= 15 is 0 Å². The molecule has 0 aliphatic carbocycles. The van der Waals surface area contributed by atoms with Crippen LogP contribution < -0.4 is 10.6 Å². The molecule has 2 N–H and O–H groups in total. The molecular formula is C12H14N4O3S2. The minimum atomic E-state index is -0.230. The van der Waals surface area contributed by atoms with Crippen molar-refractivity contribution >= 4 is 45.9 Å². The van der Waals surface area contributed by atoms with Crippen LogP contribution in [0.15, 0.2) is 16.8 Å². The average Bonchev–Trinajstić information content (AvgIpc) is 2.98. The smallest absolute Gasteiger partial charge is 0.236 e. The third kappa shape index (κ3) is 5.20. The molecule has 0 spiro atoms. The first-order valence-electron chi connectivity index (χ1n) is 6.06. The molecule has 7 nitrogen and oxygen atoms in total. The maximum absolute atomic E-state index is 11.6. The molecule has 2 amide bonds. The van der Waals surface area contributed by atoms with Crippen molar-refractivity contribution in [2.45, 2.75) is 13.8 Å². The van der Waals surface area contributed by atoms with Crippen molar-refractivity contribution in [3.8, 4) is 0 Å². The number of rotatable bonds is 6. The first-order chi connectivity index (χ1) is 10.0. The number of nitrogens with one attached hydrogen (secondary N) is 2. The fourth-order valence-electron chi connectivity index (χ4n) is 1.41. The van der Waals surface area contributed by atoms with E-state index in [0.717, 1.165) is 4.88 Å². The summed E-state index contributed by atoms with van der Waals surface area (Å²) in [6.45, 7) is 3.65. The Labute approximate surface area is 129 Å². The number of carbonyl (C=O) groups excluding carboxylic acids is 2. The van der Waals surface area contributed by atoms with Crippen molar-refractivity contribution in [1.29, 1.82) is 0 Å². The van der Waals surface area contributed by atoms with Crippen molar-refractivity contribution in [3.05, 3.63) is 22.9 Å².